The molecule has 194 valence electrons. The van der Waals surface area contributed by atoms with E-state index in [0.717, 1.165) is 6.07 Å². The van der Waals surface area contributed by atoms with Gasteiger partial charge >= 0.3 is 0 Å². The molecule has 0 aliphatic heterocycles. The molecule has 8 nitrogen and oxygen atoms in total. The maximum Gasteiger partial charge on any atom is 0.200 e. The number of ether oxygens (including phenoxy) is 1. The number of methoxy groups -OCH3 is 1. The van der Waals surface area contributed by atoms with Crippen LogP contribution in [0.25, 0.3) is 44.4 Å². The number of benzene rings is 3. The predicted molar refractivity (Wildman–Crippen MR) is 143 cm³/mol. The van der Waals surface area contributed by atoms with Crippen LogP contribution in [0.2, 0.25) is 0 Å². The number of rotatable bonds is 5. The van der Waals surface area contributed by atoms with Crippen LogP contribution in [0, 0.1) is 11.6 Å². The average molecular weight is 526 g/mol. The highest BCUT2D eigenvalue weighted by atomic mass is 19.1. The standard InChI is InChI=1S/C29H21F2N5O3/c1-15(36-29-24(28(32)33-14-34-29)25(35-36)17-6-4-8-20(12-17)38-2)27-23(16-5-3-7-18(30)11-16)26(37)21-13-19(31)9-10-22(21)39-27/h3-15H,1-2H3,(H2,32,33,34). The van der Waals surface area contributed by atoms with E-state index in [9.17, 15) is 13.6 Å². The first kappa shape index (κ1) is 24.2. The van der Waals surface area contributed by atoms with E-state index in [2.05, 4.69) is 9.97 Å². The maximum absolute atomic E-state index is 14.3. The first-order chi connectivity index (χ1) is 18.9. The van der Waals surface area contributed by atoms with Crippen molar-refractivity contribution in [3.05, 3.63) is 101 Å². The molecule has 0 radical (unpaired) electrons. The summed E-state index contributed by atoms with van der Waals surface area (Å²) in [6.07, 6.45) is 1.32. The van der Waals surface area contributed by atoms with Crippen LogP contribution in [0.15, 0.2) is 82.3 Å². The first-order valence-electron chi connectivity index (χ1n) is 12.0. The van der Waals surface area contributed by atoms with Crippen LogP contribution >= 0.6 is 0 Å². The summed E-state index contributed by atoms with van der Waals surface area (Å²) in [4.78, 5) is 22.3. The molecule has 0 amide bonds. The van der Waals surface area contributed by atoms with Gasteiger partial charge in [-0.15, -0.1) is 0 Å². The Bertz CT molecular complexity index is 1950. The number of anilines is 1. The molecule has 6 rings (SSSR count). The lowest BCUT2D eigenvalue weighted by atomic mass is 9.99. The molecule has 0 aliphatic rings. The predicted octanol–water partition coefficient (Wildman–Crippen LogP) is 5.75. The number of halogens is 2. The van der Waals surface area contributed by atoms with Gasteiger partial charge in [0.15, 0.2) is 5.65 Å². The lowest BCUT2D eigenvalue weighted by Crippen LogP contribution is -2.16. The molecule has 1 atom stereocenters. The van der Waals surface area contributed by atoms with Gasteiger partial charge in [-0.3, -0.25) is 4.79 Å². The highest BCUT2D eigenvalue weighted by molar-refractivity contribution is 5.98. The van der Waals surface area contributed by atoms with Gasteiger partial charge in [-0.05, 0) is 55.0 Å². The van der Waals surface area contributed by atoms with Crippen molar-refractivity contribution in [3.63, 3.8) is 0 Å². The van der Waals surface area contributed by atoms with Crippen molar-refractivity contribution in [2.24, 2.45) is 0 Å². The SMILES string of the molecule is COc1cccc(-c2nn(C(C)c3oc4ccc(F)cc4c(=O)c3-c3cccc(F)c3)c3ncnc(N)c23)c1. The second-order valence-electron chi connectivity index (χ2n) is 8.98. The Morgan fingerprint density at radius 1 is 0.974 bits per heavy atom. The zero-order chi connectivity index (χ0) is 27.3. The van der Waals surface area contributed by atoms with Crippen molar-refractivity contribution in [2.75, 3.05) is 12.8 Å². The van der Waals surface area contributed by atoms with Crippen molar-refractivity contribution in [1.29, 1.82) is 0 Å². The second-order valence-corrected chi connectivity index (χ2v) is 8.98. The Morgan fingerprint density at radius 3 is 2.54 bits per heavy atom. The zero-order valence-electron chi connectivity index (χ0n) is 20.9. The fourth-order valence-corrected chi connectivity index (χ4v) is 4.75. The van der Waals surface area contributed by atoms with E-state index >= 15 is 0 Å². The van der Waals surface area contributed by atoms with E-state index < -0.39 is 23.1 Å². The van der Waals surface area contributed by atoms with E-state index in [0.29, 0.717) is 28.0 Å². The summed E-state index contributed by atoms with van der Waals surface area (Å²) in [5.41, 5.74) is 7.97. The number of nitrogen functional groups attached to an aromatic ring is 1. The van der Waals surface area contributed by atoms with Crippen molar-refractivity contribution >= 4 is 27.8 Å². The van der Waals surface area contributed by atoms with Gasteiger partial charge in [-0.2, -0.15) is 5.10 Å². The topological polar surface area (TPSA) is 109 Å². The van der Waals surface area contributed by atoms with Gasteiger partial charge in [0.1, 0.15) is 52.6 Å². The maximum atomic E-state index is 14.3. The normalized spacial score (nSPS) is 12.2. The minimum atomic E-state index is -0.721. The van der Waals surface area contributed by atoms with E-state index in [1.165, 1.54) is 36.7 Å². The molecule has 39 heavy (non-hydrogen) atoms. The number of hydrogen-bond acceptors (Lipinski definition) is 7. The summed E-state index contributed by atoms with van der Waals surface area (Å²) in [7, 11) is 1.57. The number of nitrogens with two attached hydrogens (primary N) is 1. The molecule has 0 fully saturated rings. The van der Waals surface area contributed by atoms with Crippen LogP contribution in [0.4, 0.5) is 14.6 Å². The quantitative estimate of drug-likeness (QED) is 0.305. The van der Waals surface area contributed by atoms with Crippen LogP contribution < -0.4 is 15.9 Å². The Morgan fingerprint density at radius 2 is 1.74 bits per heavy atom. The monoisotopic (exact) mass is 525 g/mol. The molecule has 0 saturated heterocycles. The molecule has 10 heteroatoms. The van der Waals surface area contributed by atoms with Gasteiger partial charge in [0.2, 0.25) is 5.43 Å². The second kappa shape index (κ2) is 9.32. The third-order valence-corrected chi connectivity index (χ3v) is 6.60. The molecule has 0 bridgehead atoms. The van der Waals surface area contributed by atoms with Gasteiger partial charge in [-0.1, -0.05) is 24.3 Å². The number of nitrogens with zero attached hydrogens (tertiary/aromatic N) is 4. The molecule has 0 saturated carbocycles. The van der Waals surface area contributed by atoms with Crippen molar-refractivity contribution in [2.45, 2.75) is 13.0 Å². The average Bonchev–Trinajstić information content (AvgIpc) is 3.34. The molecule has 0 aliphatic carbocycles. The number of fused-ring (bicyclic) bond motifs is 2. The molecule has 3 heterocycles. The summed E-state index contributed by atoms with van der Waals surface area (Å²) in [6, 6.07) is 15.9. The molecule has 2 N–H and O–H groups in total. The minimum Gasteiger partial charge on any atom is -0.497 e. The fourth-order valence-electron chi connectivity index (χ4n) is 4.75. The zero-order valence-corrected chi connectivity index (χ0v) is 20.9. The highest BCUT2D eigenvalue weighted by Crippen LogP contribution is 2.37. The van der Waals surface area contributed by atoms with Crippen LogP contribution in [-0.2, 0) is 0 Å². The van der Waals surface area contributed by atoms with E-state index in [-0.39, 0.29) is 33.7 Å². The van der Waals surface area contributed by atoms with Crippen LogP contribution in [0.5, 0.6) is 5.75 Å². The summed E-state index contributed by atoms with van der Waals surface area (Å²) in [5, 5.41) is 5.38. The lowest BCUT2D eigenvalue weighted by molar-refractivity contribution is 0.415. The number of hydrogen-bond donors (Lipinski definition) is 1. The van der Waals surface area contributed by atoms with Gasteiger partial charge < -0.3 is 14.9 Å². The van der Waals surface area contributed by atoms with E-state index in [4.69, 9.17) is 20.0 Å². The van der Waals surface area contributed by atoms with Gasteiger partial charge in [0.25, 0.3) is 0 Å². The highest BCUT2D eigenvalue weighted by Gasteiger charge is 2.27. The third kappa shape index (κ3) is 4.06. The lowest BCUT2D eigenvalue weighted by Gasteiger charge is -2.17. The van der Waals surface area contributed by atoms with Crippen LogP contribution in [0.3, 0.4) is 0 Å². The van der Waals surface area contributed by atoms with Gasteiger partial charge in [0.05, 0.1) is 23.4 Å². The molecular formula is C29H21F2N5O3. The minimum absolute atomic E-state index is 0.0409. The van der Waals surface area contributed by atoms with Crippen LogP contribution in [-0.4, -0.2) is 26.9 Å². The largest absolute Gasteiger partial charge is 0.497 e. The molecule has 3 aromatic heterocycles. The summed E-state index contributed by atoms with van der Waals surface area (Å²) in [6.45, 7) is 1.77. The molecular weight excluding hydrogens is 504 g/mol. The summed E-state index contributed by atoms with van der Waals surface area (Å²) >= 11 is 0. The van der Waals surface area contributed by atoms with Crippen LogP contribution in [0.1, 0.15) is 18.7 Å². The first-order valence-corrected chi connectivity index (χ1v) is 12.0. The van der Waals surface area contributed by atoms with E-state index in [1.54, 1.807) is 24.8 Å². The Kier molecular flexibility index (Phi) is 5.79. The smallest absolute Gasteiger partial charge is 0.200 e. The van der Waals surface area contributed by atoms with Crippen molar-refractivity contribution in [1.82, 2.24) is 19.7 Å². The van der Waals surface area contributed by atoms with Crippen molar-refractivity contribution < 1.29 is 17.9 Å². The Balaban J connectivity index is 1.64. The Hall–Kier alpha value is -5.12. The molecule has 0 spiro atoms. The molecule has 3 aromatic carbocycles. The van der Waals surface area contributed by atoms with Crippen molar-refractivity contribution in [3.8, 4) is 28.1 Å². The third-order valence-electron chi connectivity index (χ3n) is 6.60. The van der Waals surface area contributed by atoms with Gasteiger partial charge in [-0.25, -0.2) is 23.4 Å². The Labute approximate surface area is 220 Å². The fraction of sp³-hybridized carbons (Fsp3) is 0.103. The summed E-state index contributed by atoms with van der Waals surface area (Å²) in [5.74, 6) is -0.0791. The molecule has 6 aromatic rings. The van der Waals surface area contributed by atoms with Gasteiger partial charge in [0, 0.05) is 5.56 Å². The van der Waals surface area contributed by atoms with E-state index in [1.807, 2.05) is 24.3 Å². The summed E-state index contributed by atoms with van der Waals surface area (Å²) < 4.78 is 41.5. The molecule has 1 unspecified atom stereocenters. The number of aromatic nitrogens is 4.